The molecule has 104 valence electrons. The van der Waals surface area contributed by atoms with Crippen LogP contribution in [0.3, 0.4) is 0 Å². The van der Waals surface area contributed by atoms with E-state index in [1.54, 1.807) is 0 Å². The summed E-state index contributed by atoms with van der Waals surface area (Å²) in [6.45, 7) is 0.254. The fraction of sp³-hybridized carbons (Fsp3) is 0.300. The Hall–Kier alpha value is -0.340. The van der Waals surface area contributed by atoms with Crippen LogP contribution < -0.4 is 10.0 Å². The van der Waals surface area contributed by atoms with Gasteiger partial charge in [0.05, 0.1) is 10.0 Å². The van der Waals surface area contributed by atoms with Gasteiger partial charge in [0.25, 0.3) is 0 Å². The normalized spacial score (nSPS) is 19.5. The van der Waals surface area contributed by atoms with Crippen LogP contribution >= 0.6 is 39.1 Å². The molecule has 0 saturated carbocycles. The largest absolute Gasteiger partial charge is 0.354 e. The lowest BCUT2D eigenvalue weighted by molar-refractivity contribution is -0.119. The van der Waals surface area contributed by atoms with Crippen LogP contribution in [-0.4, -0.2) is 26.9 Å². The highest BCUT2D eigenvalue weighted by molar-refractivity contribution is 9.10. The van der Waals surface area contributed by atoms with Crippen LogP contribution in [0.1, 0.15) is 6.42 Å². The molecule has 0 radical (unpaired) electrons. The highest BCUT2D eigenvalue weighted by Crippen LogP contribution is 2.32. The van der Waals surface area contributed by atoms with Gasteiger partial charge in [0.2, 0.25) is 15.9 Å². The SMILES string of the molecule is O=C1CC(NS(=O)(=O)c2c(Cl)cc(Br)cc2Cl)CN1. The highest BCUT2D eigenvalue weighted by atomic mass is 79.9. The summed E-state index contributed by atoms with van der Waals surface area (Å²) < 4.78 is 27.4. The Labute approximate surface area is 128 Å². The summed E-state index contributed by atoms with van der Waals surface area (Å²) in [5.74, 6) is -0.194. The van der Waals surface area contributed by atoms with E-state index in [9.17, 15) is 13.2 Å². The summed E-state index contributed by atoms with van der Waals surface area (Å²) in [6.07, 6.45) is 0.102. The minimum atomic E-state index is -3.87. The van der Waals surface area contributed by atoms with Crippen molar-refractivity contribution in [1.29, 1.82) is 0 Å². The average molecular weight is 388 g/mol. The van der Waals surface area contributed by atoms with E-state index in [4.69, 9.17) is 23.2 Å². The minimum Gasteiger partial charge on any atom is -0.354 e. The van der Waals surface area contributed by atoms with Crippen molar-refractivity contribution in [1.82, 2.24) is 10.0 Å². The van der Waals surface area contributed by atoms with Gasteiger partial charge in [-0.05, 0) is 12.1 Å². The molecule has 1 saturated heterocycles. The Morgan fingerprint density at radius 3 is 2.37 bits per heavy atom. The molecular weight excluding hydrogens is 379 g/mol. The summed E-state index contributed by atoms with van der Waals surface area (Å²) in [6, 6.07) is 2.40. The maximum atomic E-state index is 12.2. The molecule has 2 rings (SSSR count). The number of amides is 1. The van der Waals surface area contributed by atoms with Gasteiger partial charge in [-0.3, -0.25) is 4.79 Å². The van der Waals surface area contributed by atoms with Gasteiger partial charge in [0.15, 0.2) is 0 Å². The molecule has 0 aliphatic carbocycles. The molecule has 2 N–H and O–H groups in total. The van der Waals surface area contributed by atoms with Gasteiger partial charge < -0.3 is 5.32 Å². The van der Waals surface area contributed by atoms with E-state index >= 15 is 0 Å². The first-order valence-electron chi connectivity index (χ1n) is 5.23. The predicted molar refractivity (Wildman–Crippen MR) is 75.9 cm³/mol. The summed E-state index contributed by atoms with van der Waals surface area (Å²) in [5, 5.41) is 2.58. The molecule has 1 aliphatic heterocycles. The second-order valence-electron chi connectivity index (χ2n) is 4.02. The zero-order valence-electron chi connectivity index (χ0n) is 9.41. The lowest BCUT2D eigenvalue weighted by Gasteiger charge is -2.13. The number of hydrogen-bond donors (Lipinski definition) is 2. The third kappa shape index (κ3) is 3.41. The Morgan fingerprint density at radius 1 is 1.32 bits per heavy atom. The van der Waals surface area contributed by atoms with Gasteiger partial charge >= 0.3 is 0 Å². The van der Waals surface area contributed by atoms with Crippen LogP contribution in [0, 0.1) is 0 Å². The van der Waals surface area contributed by atoms with Crippen LogP contribution in [0.2, 0.25) is 10.0 Å². The Balaban J connectivity index is 2.32. The van der Waals surface area contributed by atoms with Crippen LogP contribution in [0.4, 0.5) is 0 Å². The van der Waals surface area contributed by atoms with Crippen molar-refractivity contribution in [2.45, 2.75) is 17.4 Å². The van der Waals surface area contributed by atoms with Gasteiger partial charge in [-0.15, -0.1) is 0 Å². The molecule has 0 aromatic heterocycles. The van der Waals surface area contributed by atoms with E-state index in [0.717, 1.165) is 0 Å². The minimum absolute atomic E-state index is 0.0177. The van der Waals surface area contributed by atoms with Crippen LogP contribution in [-0.2, 0) is 14.8 Å². The Kier molecular flexibility index (Phi) is 4.42. The maximum Gasteiger partial charge on any atom is 0.243 e. The van der Waals surface area contributed by atoms with E-state index in [1.807, 2.05) is 0 Å². The Morgan fingerprint density at radius 2 is 1.89 bits per heavy atom. The molecule has 1 aliphatic rings. The number of hydrogen-bond acceptors (Lipinski definition) is 3. The third-order valence-electron chi connectivity index (χ3n) is 2.53. The molecule has 1 unspecified atom stereocenters. The van der Waals surface area contributed by atoms with Crippen LogP contribution in [0.25, 0.3) is 0 Å². The highest BCUT2D eigenvalue weighted by Gasteiger charge is 2.29. The first-order chi connectivity index (χ1) is 8.79. The van der Waals surface area contributed by atoms with Gasteiger partial charge in [-0.25, -0.2) is 13.1 Å². The molecule has 1 aromatic rings. The molecule has 1 heterocycles. The van der Waals surface area contributed by atoms with Crippen LogP contribution in [0.15, 0.2) is 21.5 Å². The molecule has 1 amide bonds. The van der Waals surface area contributed by atoms with Crippen molar-refractivity contribution >= 4 is 55.1 Å². The maximum absolute atomic E-state index is 12.2. The van der Waals surface area contributed by atoms with Gasteiger partial charge in [0.1, 0.15) is 4.90 Å². The van der Waals surface area contributed by atoms with E-state index in [2.05, 4.69) is 26.0 Å². The number of sulfonamides is 1. The quantitative estimate of drug-likeness (QED) is 0.831. The van der Waals surface area contributed by atoms with Crippen molar-refractivity contribution < 1.29 is 13.2 Å². The Bertz CT molecular complexity index is 613. The first kappa shape index (κ1) is 15.1. The second-order valence-corrected chi connectivity index (χ2v) is 7.41. The number of rotatable bonds is 3. The third-order valence-corrected chi connectivity index (χ3v) is 5.43. The van der Waals surface area contributed by atoms with Gasteiger partial charge in [-0.1, -0.05) is 39.1 Å². The van der Waals surface area contributed by atoms with Crippen molar-refractivity contribution in [3.63, 3.8) is 0 Å². The lowest BCUT2D eigenvalue weighted by atomic mass is 10.3. The topological polar surface area (TPSA) is 75.3 Å². The first-order valence-corrected chi connectivity index (χ1v) is 8.26. The van der Waals surface area contributed by atoms with Crippen molar-refractivity contribution in [2.24, 2.45) is 0 Å². The summed E-state index contributed by atoms with van der Waals surface area (Å²) in [4.78, 5) is 10.9. The molecule has 19 heavy (non-hydrogen) atoms. The molecule has 1 fully saturated rings. The summed E-state index contributed by atoms with van der Waals surface area (Å²) in [7, 11) is -3.87. The van der Waals surface area contributed by atoms with Gasteiger partial charge in [0, 0.05) is 23.5 Å². The number of nitrogens with one attached hydrogen (secondary N) is 2. The standard InChI is InChI=1S/C10H9BrCl2N2O3S/c11-5-1-7(12)10(8(13)2-5)19(17,18)15-6-3-9(16)14-4-6/h1-2,6,15H,3-4H2,(H,14,16). The van der Waals surface area contributed by atoms with Crippen LogP contribution in [0.5, 0.6) is 0 Å². The molecule has 9 heteroatoms. The zero-order chi connectivity index (χ0) is 14.2. The average Bonchev–Trinajstić information content (AvgIpc) is 2.60. The van der Waals surface area contributed by atoms with Gasteiger partial charge in [-0.2, -0.15) is 0 Å². The number of benzene rings is 1. The van der Waals surface area contributed by atoms with Crippen molar-refractivity contribution in [3.8, 4) is 0 Å². The fourth-order valence-corrected chi connectivity index (χ4v) is 4.93. The predicted octanol–water partition coefficient (Wildman–Crippen LogP) is 1.92. The molecule has 1 atom stereocenters. The zero-order valence-corrected chi connectivity index (χ0v) is 13.3. The molecule has 5 nitrogen and oxygen atoms in total. The monoisotopic (exact) mass is 386 g/mol. The summed E-state index contributed by atoms with van der Waals surface area (Å²) >= 11 is 15.0. The number of carbonyl (C=O) groups excluding carboxylic acids is 1. The van der Waals surface area contributed by atoms with E-state index in [0.29, 0.717) is 4.47 Å². The second kappa shape index (κ2) is 5.57. The van der Waals surface area contributed by atoms with Crippen molar-refractivity contribution in [2.75, 3.05) is 6.54 Å². The van der Waals surface area contributed by atoms with E-state index in [-0.39, 0.29) is 33.8 Å². The van der Waals surface area contributed by atoms with Crippen molar-refractivity contribution in [3.05, 3.63) is 26.7 Å². The van der Waals surface area contributed by atoms with E-state index in [1.165, 1.54) is 12.1 Å². The molecule has 0 bridgehead atoms. The number of carbonyl (C=O) groups is 1. The van der Waals surface area contributed by atoms with E-state index < -0.39 is 16.1 Å². The lowest BCUT2D eigenvalue weighted by Crippen LogP contribution is -2.36. The molecule has 1 aromatic carbocycles. The smallest absolute Gasteiger partial charge is 0.243 e. The number of halogens is 3. The summed E-state index contributed by atoms with van der Waals surface area (Å²) in [5.41, 5.74) is 0. The molecule has 0 spiro atoms. The fourth-order valence-electron chi connectivity index (χ4n) is 1.75. The molecular formula is C10H9BrCl2N2O3S.